The van der Waals surface area contributed by atoms with Crippen molar-refractivity contribution in [2.75, 3.05) is 0 Å². The van der Waals surface area contributed by atoms with Gasteiger partial charge in [0.2, 0.25) is 0 Å². The van der Waals surface area contributed by atoms with Gasteiger partial charge in [-0.15, -0.1) is 11.3 Å². The molecule has 92 valence electrons. The number of benzene rings is 1. The molecule has 2 heterocycles. The maximum atomic E-state index is 5.99. The highest BCUT2D eigenvalue weighted by Crippen LogP contribution is 2.21. The second kappa shape index (κ2) is 4.75. The fourth-order valence-electron chi connectivity index (χ4n) is 2.15. The average molecular weight is 277 g/mol. The molecule has 0 saturated heterocycles. The van der Waals surface area contributed by atoms with Crippen LogP contribution in [-0.4, -0.2) is 9.55 Å². The van der Waals surface area contributed by atoms with E-state index in [2.05, 4.69) is 34.8 Å². The van der Waals surface area contributed by atoms with Crippen LogP contribution in [-0.2, 0) is 13.0 Å². The van der Waals surface area contributed by atoms with Gasteiger partial charge in [-0.05, 0) is 31.2 Å². The fraction of sp³-hybridized carbons (Fsp3) is 0.214. The van der Waals surface area contributed by atoms with Gasteiger partial charge in [0, 0.05) is 40.0 Å². The molecule has 0 radical (unpaired) electrons. The van der Waals surface area contributed by atoms with Gasteiger partial charge < -0.3 is 4.57 Å². The van der Waals surface area contributed by atoms with E-state index in [1.165, 1.54) is 15.8 Å². The summed E-state index contributed by atoms with van der Waals surface area (Å²) in [6, 6.07) is 8.14. The molecule has 18 heavy (non-hydrogen) atoms. The van der Waals surface area contributed by atoms with Gasteiger partial charge >= 0.3 is 0 Å². The molecule has 0 aliphatic heterocycles. The molecule has 2 nitrogen and oxygen atoms in total. The Hall–Kier alpha value is -1.32. The smallest absolute Gasteiger partial charge is 0.0797 e. The molecule has 0 spiro atoms. The third-order valence-electron chi connectivity index (χ3n) is 3.16. The molecule has 3 aromatic rings. The van der Waals surface area contributed by atoms with E-state index in [9.17, 15) is 0 Å². The van der Waals surface area contributed by atoms with Crippen molar-refractivity contribution in [2.24, 2.45) is 0 Å². The summed E-state index contributed by atoms with van der Waals surface area (Å²) in [6.45, 7) is 3.05. The van der Waals surface area contributed by atoms with Crippen molar-refractivity contribution in [3.63, 3.8) is 0 Å². The first-order chi connectivity index (χ1) is 8.74. The SMILES string of the molecule is Cc1ncsc1CCn1ccc2cc(Cl)ccc21. The molecule has 0 unspecified atom stereocenters. The van der Waals surface area contributed by atoms with Crippen LogP contribution in [0, 0.1) is 6.92 Å². The van der Waals surface area contributed by atoms with Crippen LogP contribution in [0.15, 0.2) is 36.0 Å². The Bertz CT molecular complexity index is 684. The summed E-state index contributed by atoms with van der Waals surface area (Å²) < 4.78 is 2.27. The van der Waals surface area contributed by atoms with Crippen LogP contribution >= 0.6 is 22.9 Å². The van der Waals surface area contributed by atoms with Crippen LogP contribution in [0.5, 0.6) is 0 Å². The van der Waals surface area contributed by atoms with Gasteiger partial charge in [0.25, 0.3) is 0 Å². The molecule has 0 bridgehead atoms. The number of hydrogen-bond donors (Lipinski definition) is 0. The lowest BCUT2D eigenvalue weighted by Crippen LogP contribution is -1.99. The maximum absolute atomic E-state index is 5.99. The molecular formula is C14H13ClN2S. The van der Waals surface area contributed by atoms with Crippen LogP contribution in [0.25, 0.3) is 10.9 Å². The van der Waals surface area contributed by atoms with E-state index in [1.54, 1.807) is 11.3 Å². The zero-order valence-corrected chi connectivity index (χ0v) is 11.6. The van der Waals surface area contributed by atoms with Crippen LogP contribution in [0.3, 0.4) is 0 Å². The average Bonchev–Trinajstić information content (AvgIpc) is 2.93. The topological polar surface area (TPSA) is 17.8 Å². The van der Waals surface area contributed by atoms with Gasteiger partial charge in [0.15, 0.2) is 0 Å². The Balaban J connectivity index is 1.85. The van der Waals surface area contributed by atoms with E-state index in [1.807, 2.05) is 17.6 Å². The molecule has 0 atom stereocenters. The summed E-state index contributed by atoms with van der Waals surface area (Å²) in [5, 5.41) is 1.99. The number of nitrogens with zero attached hydrogens (tertiary/aromatic N) is 2. The Morgan fingerprint density at radius 1 is 1.33 bits per heavy atom. The largest absolute Gasteiger partial charge is 0.347 e. The highest BCUT2D eigenvalue weighted by atomic mass is 35.5. The molecule has 0 amide bonds. The standard InChI is InChI=1S/C14H13ClN2S/c1-10-14(18-9-16-10)5-7-17-6-4-11-8-12(15)2-3-13(11)17/h2-4,6,8-9H,5,7H2,1H3. The lowest BCUT2D eigenvalue weighted by atomic mass is 10.2. The lowest BCUT2D eigenvalue weighted by Gasteiger charge is -2.04. The van der Waals surface area contributed by atoms with Crippen LogP contribution < -0.4 is 0 Å². The summed E-state index contributed by atoms with van der Waals surface area (Å²) in [5.41, 5.74) is 4.30. The van der Waals surface area contributed by atoms with E-state index in [4.69, 9.17) is 11.6 Å². The Labute approximate surface area is 115 Å². The van der Waals surface area contributed by atoms with Crippen molar-refractivity contribution in [2.45, 2.75) is 19.9 Å². The monoisotopic (exact) mass is 276 g/mol. The van der Waals surface area contributed by atoms with E-state index < -0.39 is 0 Å². The van der Waals surface area contributed by atoms with Crippen molar-refractivity contribution in [1.82, 2.24) is 9.55 Å². The van der Waals surface area contributed by atoms with Crippen molar-refractivity contribution >= 4 is 33.8 Å². The zero-order valence-electron chi connectivity index (χ0n) is 10.1. The molecule has 0 saturated carbocycles. The Morgan fingerprint density at radius 2 is 2.22 bits per heavy atom. The molecule has 0 aliphatic carbocycles. The van der Waals surface area contributed by atoms with E-state index in [0.717, 1.165) is 23.7 Å². The molecule has 0 fully saturated rings. The summed E-state index contributed by atoms with van der Waals surface area (Å²) in [7, 11) is 0. The number of halogens is 1. The molecular weight excluding hydrogens is 264 g/mol. The number of fused-ring (bicyclic) bond motifs is 1. The number of aryl methyl sites for hydroxylation is 3. The fourth-order valence-corrected chi connectivity index (χ4v) is 3.11. The number of hydrogen-bond acceptors (Lipinski definition) is 2. The number of aromatic nitrogens is 2. The predicted molar refractivity (Wildman–Crippen MR) is 77.5 cm³/mol. The van der Waals surface area contributed by atoms with Crippen LogP contribution in [0.2, 0.25) is 5.02 Å². The number of rotatable bonds is 3. The number of thiazole rings is 1. The second-order valence-electron chi connectivity index (χ2n) is 4.32. The van der Waals surface area contributed by atoms with Gasteiger partial charge in [0.05, 0.1) is 11.2 Å². The van der Waals surface area contributed by atoms with Gasteiger partial charge in [-0.2, -0.15) is 0 Å². The van der Waals surface area contributed by atoms with Crippen molar-refractivity contribution in [3.8, 4) is 0 Å². The predicted octanol–water partition coefficient (Wildman–Crippen LogP) is 4.30. The molecule has 3 rings (SSSR count). The maximum Gasteiger partial charge on any atom is 0.0797 e. The molecule has 2 aromatic heterocycles. The zero-order chi connectivity index (χ0) is 12.5. The second-order valence-corrected chi connectivity index (χ2v) is 5.70. The molecule has 0 aliphatic rings. The van der Waals surface area contributed by atoms with Gasteiger partial charge in [-0.25, -0.2) is 4.98 Å². The molecule has 4 heteroatoms. The summed E-state index contributed by atoms with van der Waals surface area (Å²) in [4.78, 5) is 5.65. The first kappa shape index (κ1) is 11.8. The van der Waals surface area contributed by atoms with Crippen LogP contribution in [0.4, 0.5) is 0 Å². The first-order valence-electron chi connectivity index (χ1n) is 5.87. The van der Waals surface area contributed by atoms with E-state index in [-0.39, 0.29) is 0 Å². The first-order valence-corrected chi connectivity index (χ1v) is 7.13. The Morgan fingerprint density at radius 3 is 3.00 bits per heavy atom. The highest BCUT2D eigenvalue weighted by molar-refractivity contribution is 7.09. The normalized spacial score (nSPS) is 11.2. The van der Waals surface area contributed by atoms with E-state index in [0.29, 0.717) is 0 Å². The highest BCUT2D eigenvalue weighted by Gasteiger charge is 2.04. The molecule has 1 aromatic carbocycles. The van der Waals surface area contributed by atoms with E-state index >= 15 is 0 Å². The summed E-state index contributed by atoms with van der Waals surface area (Å²) in [5.74, 6) is 0. The summed E-state index contributed by atoms with van der Waals surface area (Å²) in [6.07, 6.45) is 3.15. The Kier molecular flexibility index (Phi) is 3.10. The minimum absolute atomic E-state index is 0.790. The van der Waals surface area contributed by atoms with Crippen molar-refractivity contribution in [1.29, 1.82) is 0 Å². The lowest BCUT2D eigenvalue weighted by molar-refractivity contribution is 0.726. The van der Waals surface area contributed by atoms with Crippen molar-refractivity contribution in [3.05, 3.63) is 51.6 Å². The molecule has 0 N–H and O–H groups in total. The van der Waals surface area contributed by atoms with Gasteiger partial charge in [0.1, 0.15) is 0 Å². The summed E-state index contributed by atoms with van der Waals surface area (Å²) >= 11 is 7.72. The third-order valence-corrected chi connectivity index (χ3v) is 4.39. The van der Waals surface area contributed by atoms with Crippen LogP contribution in [0.1, 0.15) is 10.6 Å². The minimum atomic E-state index is 0.790. The third kappa shape index (κ3) is 2.16. The van der Waals surface area contributed by atoms with Gasteiger partial charge in [-0.1, -0.05) is 11.6 Å². The quantitative estimate of drug-likeness (QED) is 0.697. The minimum Gasteiger partial charge on any atom is -0.347 e. The van der Waals surface area contributed by atoms with Gasteiger partial charge in [-0.3, -0.25) is 0 Å². The van der Waals surface area contributed by atoms with Crippen molar-refractivity contribution < 1.29 is 0 Å².